The summed E-state index contributed by atoms with van der Waals surface area (Å²) in [4.78, 5) is 16.2. The summed E-state index contributed by atoms with van der Waals surface area (Å²) >= 11 is 12.0. The number of urea groups is 1. The zero-order chi connectivity index (χ0) is 14.8. The highest BCUT2D eigenvalue weighted by Crippen LogP contribution is 2.27. The number of anilines is 2. The van der Waals surface area contributed by atoms with Crippen LogP contribution in [0.25, 0.3) is 0 Å². The molecule has 1 fully saturated rings. The molecule has 0 bridgehead atoms. The lowest BCUT2D eigenvalue weighted by Crippen LogP contribution is -2.49. The van der Waals surface area contributed by atoms with E-state index < -0.39 is 0 Å². The zero-order valence-electron chi connectivity index (χ0n) is 11.3. The minimum Gasteiger partial charge on any atom is -0.294 e. The van der Waals surface area contributed by atoms with Crippen molar-refractivity contribution in [2.75, 3.05) is 22.9 Å². The Kier molecular flexibility index (Phi) is 4.04. The number of nitrogens with zero attached hydrogens (tertiary/aromatic N) is 2. The Bertz CT molecular complexity index is 619. The van der Waals surface area contributed by atoms with Crippen molar-refractivity contribution in [2.24, 2.45) is 0 Å². The van der Waals surface area contributed by atoms with Crippen molar-refractivity contribution in [3.8, 4) is 0 Å². The fourth-order valence-electron chi connectivity index (χ4n) is 2.49. The average molecular weight is 321 g/mol. The van der Waals surface area contributed by atoms with Crippen LogP contribution in [0.1, 0.15) is 6.42 Å². The predicted octanol–water partition coefficient (Wildman–Crippen LogP) is 4.83. The van der Waals surface area contributed by atoms with E-state index in [1.165, 1.54) is 0 Å². The number of hydrogen-bond acceptors (Lipinski definition) is 1. The zero-order valence-corrected chi connectivity index (χ0v) is 12.8. The predicted molar refractivity (Wildman–Crippen MR) is 87.6 cm³/mol. The van der Waals surface area contributed by atoms with Gasteiger partial charge >= 0.3 is 6.03 Å². The Morgan fingerprint density at radius 1 is 0.810 bits per heavy atom. The third-order valence-electron chi connectivity index (χ3n) is 3.46. The molecule has 2 amide bonds. The van der Waals surface area contributed by atoms with Gasteiger partial charge in [-0.05, 0) is 42.8 Å². The smallest absolute Gasteiger partial charge is 0.294 e. The van der Waals surface area contributed by atoms with Crippen molar-refractivity contribution in [1.82, 2.24) is 0 Å². The number of halogens is 2. The normalized spacial score (nSPS) is 15.4. The highest BCUT2D eigenvalue weighted by molar-refractivity contribution is 6.31. The van der Waals surface area contributed by atoms with Gasteiger partial charge in [0.15, 0.2) is 0 Å². The maximum atomic E-state index is 12.7. The molecule has 21 heavy (non-hydrogen) atoms. The van der Waals surface area contributed by atoms with Gasteiger partial charge in [-0.25, -0.2) is 4.79 Å². The van der Waals surface area contributed by atoms with E-state index in [4.69, 9.17) is 23.2 Å². The highest BCUT2D eigenvalue weighted by Gasteiger charge is 2.27. The molecule has 0 unspecified atom stereocenters. The summed E-state index contributed by atoms with van der Waals surface area (Å²) in [6.07, 6.45) is 0.894. The minimum atomic E-state index is -0.0502. The van der Waals surface area contributed by atoms with Gasteiger partial charge in [0.25, 0.3) is 0 Å². The van der Waals surface area contributed by atoms with Crippen LogP contribution in [0.3, 0.4) is 0 Å². The van der Waals surface area contributed by atoms with Crippen LogP contribution in [-0.4, -0.2) is 19.1 Å². The molecular weight excluding hydrogens is 307 g/mol. The largest absolute Gasteiger partial charge is 0.328 e. The summed E-state index contributed by atoms with van der Waals surface area (Å²) < 4.78 is 0. The standard InChI is InChI=1S/C16H14Cl2N2O/c17-12-4-1-6-14(10-12)19-8-3-9-20(16(19)21)15-7-2-5-13(18)11-15/h1-2,4-7,10-11H,3,8-9H2. The first-order valence-electron chi connectivity index (χ1n) is 6.75. The Balaban J connectivity index is 1.90. The third-order valence-corrected chi connectivity index (χ3v) is 3.94. The topological polar surface area (TPSA) is 23.6 Å². The van der Waals surface area contributed by atoms with Gasteiger partial charge in [0.1, 0.15) is 0 Å². The second-order valence-electron chi connectivity index (χ2n) is 4.90. The van der Waals surface area contributed by atoms with E-state index >= 15 is 0 Å². The molecule has 0 radical (unpaired) electrons. The molecule has 1 aliphatic rings. The second-order valence-corrected chi connectivity index (χ2v) is 5.77. The van der Waals surface area contributed by atoms with Crippen LogP contribution >= 0.6 is 23.2 Å². The third kappa shape index (κ3) is 2.99. The molecule has 1 aliphatic heterocycles. The quantitative estimate of drug-likeness (QED) is 0.777. The van der Waals surface area contributed by atoms with Gasteiger partial charge in [0, 0.05) is 34.5 Å². The van der Waals surface area contributed by atoms with Crippen molar-refractivity contribution >= 4 is 40.6 Å². The molecule has 3 rings (SSSR count). The van der Waals surface area contributed by atoms with E-state index in [1.54, 1.807) is 34.1 Å². The van der Waals surface area contributed by atoms with Crippen LogP contribution < -0.4 is 9.80 Å². The molecule has 5 heteroatoms. The molecule has 2 aromatic carbocycles. The van der Waals surface area contributed by atoms with Gasteiger partial charge in [-0.2, -0.15) is 0 Å². The van der Waals surface area contributed by atoms with E-state index in [0.29, 0.717) is 23.1 Å². The molecule has 0 atom stereocenters. The molecule has 2 aromatic rings. The van der Waals surface area contributed by atoms with E-state index in [0.717, 1.165) is 17.8 Å². The molecule has 0 N–H and O–H groups in total. The number of hydrogen-bond donors (Lipinski definition) is 0. The number of amides is 2. The van der Waals surface area contributed by atoms with Crippen LogP contribution in [-0.2, 0) is 0 Å². The first-order chi connectivity index (χ1) is 10.1. The summed E-state index contributed by atoms with van der Waals surface area (Å²) in [6.45, 7) is 1.38. The van der Waals surface area contributed by atoms with Crippen LogP contribution in [0.4, 0.5) is 16.2 Å². The van der Waals surface area contributed by atoms with Crippen molar-refractivity contribution in [1.29, 1.82) is 0 Å². The summed E-state index contributed by atoms with van der Waals surface area (Å²) in [5.41, 5.74) is 1.64. The summed E-state index contributed by atoms with van der Waals surface area (Å²) in [5, 5.41) is 1.25. The van der Waals surface area contributed by atoms with Gasteiger partial charge in [0.2, 0.25) is 0 Å². The maximum absolute atomic E-state index is 12.7. The van der Waals surface area contributed by atoms with Gasteiger partial charge in [-0.15, -0.1) is 0 Å². The summed E-state index contributed by atoms with van der Waals surface area (Å²) in [7, 11) is 0. The van der Waals surface area contributed by atoms with Gasteiger partial charge < -0.3 is 0 Å². The Morgan fingerprint density at radius 3 is 1.71 bits per heavy atom. The molecule has 0 aromatic heterocycles. The molecule has 1 saturated heterocycles. The fraction of sp³-hybridized carbons (Fsp3) is 0.188. The van der Waals surface area contributed by atoms with E-state index in [9.17, 15) is 4.79 Å². The lowest BCUT2D eigenvalue weighted by molar-refractivity contribution is 0.248. The van der Waals surface area contributed by atoms with Crippen molar-refractivity contribution in [3.05, 3.63) is 58.6 Å². The fourth-order valence-corrected chi connectivity index (χ4v) is 2.86. The van der Waals surface area contributed by atoms with E-state index in [2.05, 4.69) is 0 Å². The maximum Gasteiger partial charge on any atom is 0.328 e. The highest BCUT2D eigenvalue weighted by atomic mass is 35.5. The van der Waals surface area contributed by atoms with Crippen LogP contribution in [0.15, 0.2) is 48.5 Å². The Morgan fingerprint density at radius 2 is 1.29 bits per heavy atom. The van der Waals surface area contributed by atoms with Gasteiger partial charge in [-0.1, -0.05) is 35.3 Å². The number of carbonyl (C=O) groups is 1. The minimum absolute atomic E-state index is 0.0502. The number of benzene rings is 2. The van der Waals surface area contributed by atoms with Crippen molar-refractivity contribution in [2.45, 2.75) is 6.42 Å². The van der Waals surface area contributed by atoms with Crippen LogP contribution in [0, 0.1) is 0 Å². The lowest BCUT2D eigenvalue weighted by Gasteiger charge is -2.35. The number of rotatable bonds is 2. The first-order valence-corrected chi connectivity index (χ1v) is 7.51. The monoisotopic (exact) mass is 320 g/mol. The first kappa shape index (κ1) is 14.2. The summed E-state index contributed by atoms with van der Waals surface area (Å²) in [5.74, 6) is 0. The van der Waals surface area contributed by atoms with Gasteiger partial charge in [0.05, 0.1) is 0 Å². The lowest BCUT2D eigenvalue weighted by atomic mass is 10.2. The number of carbonyl (C=O) groups excluding carboxylic acids is 1. The summed E-state index contributed by atoms with van der Waals surface area (Å²) in [6, 6.07) is 14.7. The van der Waals surface area contributed by atoms with Gasteiger partial charge in [-0.3, -0.25) is 9.80 Å². The SMILES string of the molecule is O=C1N(c2cccc(Cl)c2)CCCN1c1cccc(Cl)c1. The van der Waals surface area contributed by atoms with Crippen LogP contribution in [0.2, 0.25) is 10.0 Å². The van der Waals surface area contributed by atoms with Crippen LogP contribution in [0.5, 0.6) is 0 Å². The Hall–Kier alpha value is -1.71. The molecular formula is C16H14Cl2N2O. The second kappa shape index (κ2) is 5.96. The molecule has 0 aliphatic carbocycles. The molecule has 1 heterocycles. The average Bonchev–Trinajstić information content (AvgIpc) is 2.47. The molecule has 0 spiro atoms. The van der Waals surface area contributed by atoms with E-state index in [-0.39, 0.29) is 6.03 Å². The Labute approximate surface area is 133 Å². The molecule has 3 nitrogen and oxygen atoms in total. The molecule has 0 saturated carbocycles. The molecule has 108 valence electrons. The van der Waals surface area contributed by atoms with Crippen molar-refractivity contribution in [3.63, 3.8) is 0 Å². The van der Waals surface area contributed by atoms with Crippen molar-refractivity contribution < 1.29 is 4.79 Å². The van der Waals surface area contributed by atoms with E-state index in [1.807, 2.05) is 24.3 Å².